The van der Waals surface area contributed by atoms with Crippen LogP contribution < -0.4 is 4.74 Å². The number of carbonyl (C=O) groups excluding carboxylic acids is 1. The number of oxazole rings is 1. The van der Waals surface area contributed by atoms with E-state index >= 15 is 0 Å². The van der Waals surface area contributed by atoms with E-state index in [2.05, 4.69) is 4.98 Å². The molecule has 1 heterocycles. The van der Waals surface area contributed by atoms with Crippen LogP contribution in [0.25, 0.3) is 11.1 Å². The van der Waals surface area contributed by atoms with Gasteiger partial charge in [0.05, 0.1) is 7.11 Å². The fraction of sp³-hybridized carbons (Fsp3) is 0.176. The number of thioether (sulfide) groups is 1. The van der Waals surface area contributed by atoms with Gasteiger partial charge in [-0.05, 0) is 29.8 Å². The molecule has 0 atom stereocenters. The number of methoxy groups -OCH3 is 1. The molecule has 0 radical (unpaired) electrons. The predicted molar refractivity (Wildman–Crippen MR) is 87.5 cm³/mol. The van der Waals surface area contributed by atoms with E-state index in [9.17, 15) is 4.79 Å². The van der Waals surface area contributed by atoms with Gasteiger partial charge in [-0.1, -0.05) is 36.0 Å². The quantitative estimate of drug-likeness (QED) is 0.508. The molecule has 0 fully saturated rings. The molecule has 1 aromatic heterocycles. The summed E-state index contributed by atoms with van der Waals surface area (Å²) in [7, 11) is 1.61. The van der Waals surface area contributed by atoms with E-state index < -0.39 is 0 Å². The molecule has 0 amide bonds. The van der Waals surface area contributed by atoms with Crippen LogP contribution in [0.4, 0.5) is 0 Å². The van der Waals surface area contributed by atoms with Crippen molar-refractivity contribution in [1.82, 2.24) is 4.98 Å². The topological polar surface area (TPSA) is 61.6 Å². The smallest absolute Gasteiger partial charge is 0.316 e. The number of esters is 1. The van der Waals surface area contributed by atoms with E-state index in [0.29, 0.717) is 10.8 Å². The molecule has 118 valence electrons. The molecule has 0 aliphatic carbocycles. The second-order valence-corrected chi connectivity index (χ2v) is 5.67. The van der Waals surface area contributed by atoms with Gasteiger partial charge in [-0.2, -0.15) is 0 Å². The highest BCUT2D eigenvalue weighted by Gasteiger charge is 2.10. The summed E-state index contributed by atoms with van der Waals surface area (Å²) in [4.78, 5) is 16.1. The van der Waals surface area contributed by atoms with Crippen molar-refractivity contribution >= 4 is 28.8 Å². The zero-order valence-corrected chi connectivity index (χ0v) is 13.3. The number of rotatable bonds is 6. The van der Waals surface area contributed by atoms with Gasteiger partial charge in [-0.3, -0.25) is 4.79 Å². The normalized spacial score (nSPS) is 10.7. The minimum absolute atomic E-state index is 0.156. The number of aromatic nitrogens is 1. The average molecular weight is 329 g/mol. The average Bonchev–Trinajstić information content (AvgIpc) is 3.01. The van der Waals surface area contributed by atoms with Gasteiger partial charge in [0.2, 0.25) is 0 Å². The molecule has 0 saturated heterocycles. The van der Waals surface area contributed by atoms with Gasteiger partial charge in [-0.15, -0.1) is 0 Å². The molecule has 0 aliphatic heterocycles. The Morgan fingerprint density at radius 2 is 1.96 bits per heavy atom. The number of hydrogen-bond acceptors (Lipinski definition) is 6. The van der Waals surface area contributed by atoms with Crippen molar-refractivity contribution in [3.05, 3.63) is 54.1 Å². The van der Waals surface area contributed by atoms with E-state index in [1.54, 1.807) is 7.11 Å². The van der Waals surface area contributed by atoms with Crippen LogP contribution in [0.5, 0.6) is 5.75 Å². The number of hydrogen-bond donors (Lipinski definition) is 0. The summed E-state index contributed by atoms with van der Waals surface area (Å²) in [6.07, 6.45) is 0. The van der Waals surface area contributed by atoms with Gasteiger partial charge in [0.1, 0.15) is 23.6 Å². The molecule has 2 aromatic carbocycles. The number of carbonyl (C=O) groups is 1. The molecule has 3 rings (SSSR count). The van der Waals surface area contributed by atoms with Crippen molar-refractivity contribution in [3.63, 3.8) is 0 Å². The molecule has 0 unspecified atom stereocenters. The SMILES string of the molecule is COc1ccc(COC(=O)CSc2nc3ccccc3o2)cc1. The van der Waals surface area contributed by atoms with E-state index in [4.69, 9.17) is 13.9 Å². The fourth-order valence-electron chi connectivity index (χ4n) is 1.96. The van der Waals surface area contributed by atoms with Crippen LogP contribution in [0.2, 0.25) is 0 Å². The second-order valence-electron chi connectivity index (χ2n) is 4.74. The summed E-state index contributed by atoms with van der Waals surface area (Å²) in [6.45, 7) is 0.233. The van der Waals surface area contributed by atoms with Crippen LogP contribution in [0.1, 0.15) is 5.56 Å². The monoisotopic (exact) mass is 329 g/mol. The molecule has 23 heavy (non-hydrogen) atoms. The van der Waals surface area contributed by atoms with E-state index in [-0.39, 0.29) is 18.3 Å². The summed E-state index contributed by atoms with van der Waals surface area (Å²) in [6, 6.07) is 14.9. The van der Waals surface area contributed by atoms with Gasteiger partial charge >= 0.3 is 5.97 Å². The molecular weight excluding hydrogens is 314 g/mol. The third-order valence-electron chi connectivity index (χ3n) is 3.15. The first-order valence-electron chi connectivity index (χ1n) is 7.01. The van der Waals surface area contributed by atoms with E-state index in [1.165, 1.54) is 11.8 Å². The van der Waals surface area contributed by atoms with Crippen LogP contribution in [-0.2, 0) is 16.1 Å². The minimum Gasteiger partial charge on any atom is -0.497 e. The summed E-state index contributed by atoms with van der Waals surface area (Å²) < 4.78 is 15.8. The first-order chi connectivity index (χ1) is 11.2. The highest BCUT2D eigenvalue weighted by Crippen LogP contribution is 2.23. The van der Waals surface area contributed by atoms with E-state index in [0.717, 1.165) is 16.8 Å². The summed E-state index contributed by atoms with van der Waals surface area (Å²) in [5.74, 6) is 0.614. The van der Waals surface area contributed by atoms with Crippen LogP contribution in [-0.4, -0.2) is 23.8 Å². The van der Waals surface area contributed by atoms with Gasteiger partial charge in [0, 0.05) is 0 Å². The molecule has 0 aliphatic rings. The Kier molecular flexibility index (Phi) is 4.83. The number of benzene rings is 2. The first kappa shape index (κ1) is 15.4. The lowest BCUT2D eigenvalue weighted by Crippen LogP contribution is -2.07. The van der Waals surface area contributed by atoms with Crippen LogP contribution in [0, 0.1) is 0 Å². The standard InChI is InChI=1S/C17H15NO4S/c1-20-13-8-6-12(7-9-13)10-21-16(19)11-23-17-18-14-4-2-3-5-15(14)22-17/h2-9H,10-11H2,1H3. The Labute approximate surface area is 137 Å². The molecule has 0 saturated carbocycles. The molecule has 0 N–H and O–H groups in total. The summed E-state index contributed by atoms with van der Waals surface area (Å²) in [5.41, 5.74) is 2.40. The number of ether oxygens (including phenoxy) is 2. The minimum atomic E-state index is -0.312. The molecule has 0 bridgehead atoms. The van der Waals surface area contributed by atoms with Crippen molar-refractivity contribution in [2.75, 3.05) is 12.9 Å². The van der Waals surface area contributed by atoms with Gasteiger partial charge in [0.15, 0.2) is 5.58 Å². The number of fused-ring (bicyclic) bond motifs is 1. The van der Waals surface area contributed by atoms with Crippen molar-refractivity contribution in [2.45, 2.75) is 11.8 Å². The summed E-state index contributed by atoms with van der Waals surface area (Å²) in [5, 5.41) is 0.465. The van der Waals surface area contributed by atoms with Crippen molar-refractivity contribution in [1.29, 1.82) is 0 Å². The maximum atomic E-state index is 11.8. The maximum Gasteiger partial charge on any atom is 0.316 e. The molecule has 6 heteroatoms. The Hall–Kier alpha value is -2.47. The third-order valence-corrected chi connectivity index (χ3v) is 3.95. The van der Waals surface area contributed by atoms with Crippen LogP contribution in [0.3, 0.4) is 0 Å². The molecular formula is C17H15NO4S. The summed E-state index contributed by atoms with van der Waals surface area (Å²) >= 11 is 1.22. The Morgan fingerprint density at radius 3 is 2.70 bits per heavy atom. The van der Waals surface area contributed by atoms with Crippen LogP contribution >= 0.6 is 11.8 Å². The zero-order valence-electron chi connectivity index (χ0n) is 12.5. The second kappa shape index (κ2) is 7.19. The molecule has 0 spiro atoms. The zero-order chi connectivity index (χ0) is 16.1. The molecule has 3 aromatic rings. The Balaban J connectivity index is 1.49. The first-order valence-corrected chi connectivity index (χ1v) is 8.00. The number of para-hydroxylation sites is 2. The van der Waals surface area contributed by atoms with Gasteiger partial charge in [-0.25, -0.2) is 4.98 Å². The van der Waals surface area contributed by atoms with Crippen molar-refractivity contribution < 1.29 is 18.7 Å². The van der Waals surface area contributed by atoms with Gasteiger partial charge in [0.25, 0.3) is 5.22 Å². The maximum absolute atomic E-state index is 11.8. The Morgan fingerprint density at radius 1 is 1.17 bits per heavy atom. The van der Waals surface area contributed by atoms with E-state index in [1.807, 2.05) is 48.5 Å². The van der Waals surface area contributed by atoms with Crippen molar-refractivity contribution in [2.24, 2.45) is 0 Å². The Bertz CT molecular complexity index is 765. The molecule has 5 nitrogen and oxygen atoms in total. The number of nitrogens with zero attached hydrogens (tertiary/aromatic N) is 1. The highest BCUT2D eigenvalue weighted by atomic mass is 32.2. The third kappa shape index (κ3) is 4.04. The van der Waals surface area contributed by atoms with Crippen LogP contribution in [0.15, 0.2) is 58.2 Å². The predicted octanol–water partition coefficient (Wildman–Crippen LogP) is 3.67. The lowest BCUT2D eigenvalue weighted by molar-refractivity contribution is -0.141. The van der Waals surface area contributed by atoms with Gasteiger partial charge < -0.3 is 13.9 Å². The lowest BCUT2D eigenvalue weighted by atomic mass is 10.2. The lowest BCUT2D eigenvalue weighted by Gasteiger charge is -2.05. The van der Waals surface area contributed by atoms with Crippen molar-refractivity contribution in [3.8, 4) is 5.75 Å². The fourth-order valence-corrected chi connectivity index (χ4v) is 2.60. The highest BCUT2D eigenvalue weighted by molar-refractivity contribution is 7.99. The largest absolute Gasteiger partial charge is 0.497 e.